The highest BCUT2D eigenvalue weighted by Gasteiger charge is 2.15. The van der Waals surface area contributed by atoms with Crippen molar-refractivity contribution in [3.63, 3.8) is 0 Å². The number of rotatable bonds is 3. The highest BCUT2D eigenvalue weighted by atomic mass is 35.5. The normalized spacial score (nSPS) is 12.5. The van der Waals surface area contributed by atoms with E-state index in [1.165, 1.54) is 18.2 Å². The topological polar surface area (TPSA) is 83.5 Å². The average Bonchev–Trinajstić information content (AvgIpc) is 2.16. The van der Waals surface area contributed by atoms with Crippen LogP contribution in [0.1, 0.15) is 22.0 Å². The van der Waals surface area contributed by atoms with Crippen molar-refractivity contribution in [2.75, 3.05) is 6.61 Å². The van der Waals surface area contributed by atoms with Crippen molar-refractivity contribution in [3.8, 4) is 0 Å². The van der Waals surface area contributed by atoms with E-state index in [2.05, 4.69) is 0 Å². The lowest BCUT2D eigenvalue weighted by atomic mass is 10.0. The Hall–Kier alpha value is -1.10. The minimum absolute atomic E-state index is 0.0657. The van der Waals surface area contributed by atoms with Gasteiger partial charge >= 0.3 is 5.97 Å². The van der Waals surface area contributed by atoms with Crippen molar-refractivity contribution in [3.05, 3.63) is 34.3 Å². The monoisotopic (exact) mass is 215 g/mol. The van der Waals surface area contributed by atoms with E-state index in [4.69, 9.17) is 27.5 Å². The van der Waals surface area contributed by atoms with Crippen molar-refractivity contribution in [2.45, 2.75) is 6.04 Å². The van der Waals surface area contributed by atoms with E-state index in [1.54, 1.807) is 0 Å². The summed E-state index contributed by atoms with van der Waals surface area (Å²) < 4.78 is 0. The van der Waals surface area contributed by atoms with Crippen molar-refractivity contribution in [1.82, 2.24) is 0 Å². The highest BCUT2D eigenvalue weighted by molar-refractivity contribution is 6.30. The van der Waals surface area contributed by atoms with Gasteiger partial charge < -0.3 is 15.9 Å². The SMILES string of the molecule is N[C@H](CO)c1cc(Cl)ccc1C(=O)O. The Bertz CT molecular complexity index is 354. The quantitative estimate of drug-likeness (QED) is 0.703. The van der Waals surface area contributed by atoms with Crippen LogP contribution in [-0.4, -0.2) is 22.8 Å². The van der Waals surface area contributed by atoms with Gasteiger partial charge in [0.05, 0.1) is 18.2 Å². The second kappa shape index (κ2) is 4.41. The first-order valence-corrected chi connectivity index (χ1v) is 4.33. The molecule has 0 fully saturated rings. The lowest BCUT2D eigenvalue weighted by Crippen LogP contribution is -2.18. The molecule has 1 atom stereocenters. The maximum absolute atomic E-state index is 10.8. The molecule has 4 nitrogen and oxygen atoms in total. The summed E-state index contributed by atoms with van der Waals surface area (Å²) in [4.78, 5) is 10.8. The molecule has 76 valence electrons. The number of hydrogen-bond donors (Lipinski definition) is 3. The van der Waals surface area contributed by atoms with Gasteiger partial charge in [0.15, 0.2) is 0 Å². The molecule has 0 saturated heterocycles. The van der Waals surface area contributed by atoms with E-state index < -0.39 is 12.0 Å². The molecule has 0 aliphatic carbocycles. The van der Waals surface area contributed by atoms with Crippen molar-refractivity contribution < 1.29 is 15.0 Å². The molecule has 0 radical (unpaired) electrons. The van der Waals surface area contributed by atoms with E-state index in [-0.39, 0.29) is 12.2 Å². The fourth-order valence-electron chi connectivity index (χ4n) is 1.13. The third-order valence-electron chi connectivity index (χ3n) is 1.84. The zero-order chi connectivity index (χ0) is 10.7. The minimum atomic E-state index is -1.08. The predicted molar refractivity (Wildman–Crippen MR) is 52.4 cm³/mol. The van der Waals surface area contributed by atoms with Crippen LogP contribution in [0.25, 0.3) is 0 Å². The number of carboxylic acid groups (broad SMARTS) is 1. The molecule has 1 aromatic rings. The fraction of sp³-hybridized carbons (Fsp3) is 0.222. The maximum Gasteiger partial charge on any atom is 0.336 e. The van der Waals surface area contributed by atoms with Crippen LogP contribution in [0.4, 0.5) is 0 Å². The standard InChI is InChI=1S/C9H10ClNO3/c10-5-1-2-6(9(13)14)7(3-5)8(11)4-12/h1-3,8,12H,4,11H2,(H,13,14)/t8-/m1/s1. The number of aromatic carboxylic acids is 1. The second-order valence-electron chi connectivity index (χ2n) is 2.83. The number of aliphatic hydroxyl groups is 1. The molecule has 5 heteroatoms. The van der Waals surface area contributed by atoms with Gasteiger partial charge in [-0.1, -0.05) is 11.6 Å². The Morgan fingerprint density at radius 2 is 2.21 bits per heavy atom. The van der Waals surface area contributed by atoms with Gasteiger partial charge in [-0.3, -0.25) is 0 Å². The number of hydrogen-bond acceptors (Lipinski definition) is 3. The Kier molecular flexibility index (Phi) is 3.46. The number of benzene rings is 1. The van der Waals surface area contributed by atoms with E-state index >= 15 is 0 Å². The smallest absolute Gasteiger partial charge is 0.336 e. The fourth-order valence-corrected chi connectivity index (χ4v) is 1.31. The number of aliphatic hydroxyl groups excluding tert-OH is 1. The van der Waals surface area contributed by atoms with Crippen LogP contribution in [0.5, 0.6) is 0 Å². The van der Waals surface area contributed by atoms with Gasteiger partial charge in [0.2, 0.25) is 0 Å². The molecule has 0 bridgehead atoms. The molecule has 0 aliphatic rings. The highest BCUT2D eigenvalue weighted by Crippen LogP contribution is 2.20. The Morgan fingerprint density at radius 3 is 2.71 bits per heavy atom. The number of carboxylic acids is 1. The molecule has 0 saturated carbocycles. The minimum Gasteiger partial charge on any atom is -0.478 e. The summed E-state index contributed by atoms with van der Waals surface area (Å²) in [6, 6.07) is 3.57. The van der Waals surface area contributed by atoms with Crippen LogP contribution in [0.3, 0.4) is 0 Å². The first-order chi connectivity index (χ1) is 6.56. The molecule has 0 aromatic heterocycles. The van der Waals surface area contributed by atoms with E-state index in [0.717, 1.165) is 0 Å². The molecule has 4 N–H and O–H groups in total. The van der Waals surface area contributed by atoms with Crippen LogP contribution in [0.2, 0.25) is 5.02 Å². The van der Waals surface area contributed by atoms with Gasteiger partial charge in [-0.15, -0.1) is 0 Å². The zero-order valence-corrected chi connectivity index (χ0v) is 8.03. The molecule has 1 rings (SSSR count). The van der Waals surface area contributed by atoms with Gasteiger partial charge in [0, 0.05) is 5.02 Å². The number of halogens is 1. The largest absolute Gasteiger partial charge is 0.478 e. The summed E-state index contributed by atoms with van der Waals surface area (Å²) in [7, 11) is 0. The summed E-state index contributed by atoms with van der Waals surface area (Å²) in [5.41, 5.74) is 5.94. The lowest BCUT2D eigenvalue weighted by molar-refractivity contribution is 0.0694. The summed E-state index contributed by atoms with van der Waals surface area (Å²) in [5, 5.41) is 18.0. The molecule has 0 heterocycles. The average molecular weight is 216 g/mol. The zero-order valence-electron chi connectivity index (χ0n) is 7.27. The molecule has 0 aliphatic heterocycles. The molecular formula is C9H10ClNO3. The molecule has 0 spiro atoms. The molecule has 0 amide bonds. The summed E-state index contributed by atoms with van der Waals surface area (Å²) in [6.07, 6.45) is 0. The summed E-state index contributed by atoms with van der Waals surface area (Å²) >= 11 is 5.69. The van der Waals surface area contributed by atoms with Gasteiger partial charge in [0.25, 0.3) is 0 Å². The van der Waals surface area contributed by atoms with Crippen LogP contribution < -0.4 is 5.73 Å². The number of carbonyl (C=O) groups is 1. The number of nitrogens with two attached hydrogens (primary N) is 1. The van der Waals surface area contributed by atoms with Gasteiger partial charge in [-0.2, -0.15) is 0 Å². The second-order valence-corrected chi connectivity index (χ2v) is 3.26. The third-order valence-corrected chi connectivity index (χ3v) is 2.08. The van der Waals surface area contributed by atoms with E-state index in [1.807, 2.05) is 0 Å². The Labute approximate surface area is 85.9 Å². The third kappa shape index (κ3) is 2.23. The van der Waals surface area contributed by atoms with Crippen LogP contribution >= 0.6 is 11.6 Å². The van der Waals surface area contributed by atoms with Gasteiger partial charge in [-0.05, 0) is 23.8 Å². The first-order valence-electron chi connectivity index (χ1n) is 3.95. The molecule has 14 heavy (non-hydrogen) atoms. The van der Waals surface area contributed by atoms with Gasteiger partial charge in [0.1, 0.15) is 0 Å². The summed E-state index contributed by atoms with van der Waals surface area (Å²) in [5.74, 6) is -1.08. The molecule has 1 aromatic carbocycles. The first kappa shape index (κ1) is 11.0. The maximum atomic E-state index is 10.8. The van der Waals surface area contributed by atoms with Crippen LogP contribution in [-0.2, 0) is 0 Å². The van der Waals surface area contributed by atoms with E-state index in [0.29, 0.717) is 10.6 Å². The van der Waals surface area contributed by atoms with Crippen molar-refractivity contribution in [1.29, 1.82) is 0 Å². The molecule has 0 unspecified atom stereocenters. The molecular weight excluding hydrogens is 206 g/mol. The summed E-state index contributed by atoms with van der Waals surface area (Å²) in [6.45, 7) is -0.319. The Balaban J connectivity index is 3.22. The van der Waals surface area contributed by atoms with E-state index in [9.17, 15) is 4.79 Å². The van der Waals surface area contributed by atoms with Crippen molar-refractivity contribution in [2.24, 2.45) is 5.73 Å². The van der Waals surface area contributed by atoms with Gasteiger partial charge in [-0.25, -0.2) is 4.79 Å². The van der Waals surface area contributed by atoms with Crippen molar-refractivity contribution >= 4 is 17.6 Å². The van der Waals surface area contributed by atoms with Crippen LogP contribution in [0.15, 0.2) is 18.2 Å². The predicted octanol–water partition coefficient (Wildman–Crippen LogP) is 1.03. The lowest BCUT2D eigenvalue weighted by Gasteiger charge is -2.11. The Morgan fingerprint density at radius 1 is 1.57 bits per heavy atom. The van der Waals surface area contributed by atoms with Crippen LogP contribution in [0, 0.1) is 0 Å².